The summed E-state index contributed by atoms with van der Waals surface area (Å²) in [4.78, 5) is 5.43. The normalized spacial score (nSPS) is 13.2. The summed E-state index contributed by atoms with van der Waals surface area (Å²) in [5.74, 6) is 1.16. The quantitative estimate of drug-likeness (QED) is 0.0894. The minimum atomic E-state index is -0.0328. The van der Waals surface area contributed by atoms with E-state index >= 15 is 0 Å². The zero-order chi connectivity index (χ0) is 43.4. The highest BCUT2D eigenvalue weighted by Crippen LogP contribution is 2.41. The van der Waals surface area contributed by atoms with Gasteiger partial charge in [-0.15, -0.1) is 0 Å². The fraction of sp³-hybridized carbons (Fsp3) is 0.0984. The summed E-state index contributed by atoms with van der Waals surface area (Å²) in [5, 5.41) is 16.5. The van der Waals surface area contributed by atoms with Crippen LogP contribution >= 0.6 is 0 Å². The first kappa shape index (κ1) is 38.7. The zero-order valence-corrected chi connectivity index (χ0v) is 36.5. The Morgan fingerprint density at radius 1 is 0.508 bits per heavy atom. The van der Waals surface area contributed by atoms with Gasteiger partial charge in [0.25, 0.3) is 0 Å². The van der Waals surface area contributed by atoms with Gasteiger partial charge in [0.15, 0.2) is 0 Å². The Morgan fingerprint density at radius 2 is 1.09 bits per heavy atom. The van der Waals surface area contributed by atoms with Crippen LogP contribution in [0, 0.1) is 5.92 Å². The Balaban J connectivity index is 1.03. The minimum absolute atomic E-state index is 0.0328. The lowest BCUT2D eigenvalue weighted by Crippen LogP contribution is -2.33. The molecule has 0 aliphatic rings. The second kappa shape index (κ2) is 16.0. The lowest BCUT2D eigenvalue weighted by atomic mass is 9.89. The van der Waals surface area contributed by atoms with Crippen LogP contribution in [0.1, 0.15) is 43.0 Å². The molecule has 4 heteroatoms. The van der Waals surface area contributed by atoms with Gasteiger partial charge in [-0.2, -0.15) is 0 Å². The summed E-state index contributed by atoms with van der Waals surface area (Å²) in [6.45, 7) is 5.16. The maximum Gasteiger partial charge on any atom is 0.135 e. The summed E-state index contributed by atoms with van der Waals surface area (Å²) < 4.78 is 8.82. The molecule has 2 unspecified atom stereocenters. The highest BCUT2D eigenvalue weighted by atomic mass is 16.3. The highest BCUT2D eigenvalue weighted by molar-refractivity contribution is 6.26. The van der Waals surface area contributed by atoms with E-state index < -0.39 is 0 Å². The molecule has 10 aromatic carbocycles. The smallest absolute Gasteiger partial charge is 0.135 e. The Bertz CT molecular complexity index is 3750. The molecule has 0 saturated heterocycles. The van der Waals surface area contributed by atoms with Crippen LogP contribution in [0.15, 0.2) is 216 Å². The molecule has 4 nitrogen and oxygen atoms in total. The number of furan rings is 1. The Kier molecular flexibility index (Phi) is 9.52. The van der Waals surface area contributed by atoms with Crippen molar-refractivity contribution in [2.75, 3.05) is 0 Å². The van der Waals surface area contributed by atoms with E-state index in [4.69, 9.17) is 9.41 Å². The van der Waals surface area contributed by atoms with Crippen molar-refractivity contribution in [1.29, 1.82) is 0 Å². The molecule has 12 rings (SSSR count). The number of hydrogen-bond donors (Lipinski definition) is 1. The number of aromatic nitrogens is 1. The number of rotatable bonds is 9. The first-order valence-electron chi connectivity index (χ1n) is 22.8. The molecule has 2 atom stereocenters. The second-order valence-corrected chi connectivity index (χ2v) is 17.5. The fourth-order valence-electron chi connectivity index (χ4n) is 10.2. The molecule has 0 spiro atoms. The van der Waals surface area contributed by atoms with Gasteiger partial charge in [-0.05, 0) is 109 Å². The van der Waals surface area contributed by atoms with Crippen LogP contribution in [0.5, 0.6) is 0 Å². The predicted octanol–water partition coefficient (Wildman–Crippen LogP) is 16.1. The Morgan fingerprint density at radius 3 is 1.82 bits per heavy atom. The van der Waals surface area contributed by atoms with Crippen LogP contribution in [0.2, 0.25) is 0 Å². The van der Waals surface area contributed by atoms with Gasteiger partial charge in [0.1, 0.15) is 17.0 Å². The van der Waals surface area contributed by atoms with E-state index in [0.717, 1.165) is 62.0 Å². The number of hydrogen-bond acceptors (Lipinski definition) is 2. The number of amidine groups is 1. The predicted molar refractivity (Wildman–Crippen MR) is 274 cm³/mol. The average molecular weight is 838 g/mol. The van der Waals surface area contributed by atoms with E-state index in [1.807, 2.05) is 6.07 Å². The molecule has 12 aromatic rings. The van der Waals surface area contributed by atoms with Gasteiger partial charge in [-0.3, -0.25) is 4.99 Å². The lowest BCUT2D eigenvalue weighted by molar-refractivity contribution is 0.425. The molecular weight excluding hydrogens is 791 g/mol. The van der Waals surface area contributed by atoms with Gasteiger partial charge < -0.3 is 14.3 Å². The molecule has 312 valence electrons. The maximum absolute atomic E-state index is 6.41. The molecule has 0 amide bonds. The molecule has 65 heavy (non-hydrogen) atoms. The van der Waals surface area contributed by atoms with E-state index in [1.165, 1.54) is 59.8 Å². The van der Waals surface area contributed by atoms with E-state index in [-0.39, 0.29) is 6.04 Å². The number of benzene rings is 10. The summed E-state index contributed by atoms with van der Waals surface area (Å²) in [6.07, 6.45) is 0.990. The summed E-state index contributed by atoms with van der Waals surface area (Å²) in [5.41, 5.74) is 11.0. The number of para-hydroxylation sites is 2. The summed E-state index contributed by atoms with van der Waals surface area (Å²) >= 11 is 0. The molecule has 2 aromatic heterocycles. The molecule has 0 radical (unpaired) electrons. The number of aliphatic imine (C=N–C) groups is 1. The van der Waals surface area contributed by atoms with Gasteiger partial charge in [-0.1, -0.05) is 178 Å². The van der Waals surface area contributed by atoms with Crippen molar-refractivity contribution < 1.29 is 4.42 Å². The summed E-state index contributed by atoms with van der Waals surface area (Å²) in [7, 11) is 0. The molecular formula is C61H47N3O. The van der Waals surface area contributed by atoms with Crippen LogP contribution in [0.3, 0.4) is 0 Å². The van der Waals surface area contributed by atoms with Gasteiger partial charge in [-0.25, -0.2) is 0 Å². The lowest BCUT2D eigenvalue weighted by Gasteiger charge is -2.27. The highest BCUT2D eigenvalue weighted by Gasteiger charge is 2.25. The van der Waals surface area contributed by atoms with E-state index in [9.17, 15) is 0 Å². The molecule has 0 fully saturated rings. The Hall–Kier alpha value is -7.95. The van der Waals surface area contributed by atoms with Crippen molar-refractivity contribution in [3.63, 3.8) is 0 Å². The number of fused-ring (bicyclic) bond motifs is 12. The van der Waals surface area contributed by atoms with Gasteiger partial charge >= 0.3 is 0 Å². The second-order valence-electron chi connectivity index (χ2n) is 17.5. The summed E-state index contributed by atoms with van der Waals surface area (Å²) in [6, 6.07) is 74.6. The van der Waals surface area contributed by atoms with Crippen LogP contribution in [-0.4, -0.2) is 10.4 Å². The maximum atomic E-state index is 6.41. The van der Waals surface area contributed by atoms with E-state index in [2.05, 4.69) is 224 Å². The van der Waals surface area contributed by atoms with E-state index in [0.29, 0.717) is 12.5 Å². The molecule has 0 aliphatic heterocycles. The zero-order valence-electron chi connectivity index (χ0n) is 36.5. The standard InChI is InChI=1S/C61H47N3O/c1-3-39(2)60(52-26-16-28-58-59(52)51-25-14-15-27-57(51)65-58)63-61(62-38-40-17-6-4-7-18-40)43-30-33-50-54-36-42(31-34-55(54)64(56(50)37-43)44-19-8-5-9-20-44)41-29-32-49-47-23-11-10-21-45(47)46-22-12-13-24-48(46)53(49)35-41/h4-37,39,60H,3,38H2,1-2H3,(H,62,63). The molecule has 0 bridgehead atoms. The number of nitrogens with zero attached hydrogens (tertiary/aromatic N) is 2. The molecule has 0 saturated carbocycles. The topological polar surface area (TPSA) is 42.5 Å². The third kappa shape index (κ3) is 6.64. The van der Waals surface area contributed by atoms with Gasteiger partial charge in [0.2, 0.25) is 0 Å². The SMILES string of the molecule is CCC(C)C(NC(=NCc1ccccc1)c1ccc2c3cc(-c4ccc5c6ccccc6c6ccccc6c5c4)ccc3n(-c3ccccc3)c2c1)c1cccc2oc3ccccc3c12. The van der Waals surface area contributed by atoms with Crippen molar-refractivity contribution in [2.45, 2.75) is 32.9 Å². The molecule has 1 N–H and O–H groups in total. The monoisotopic (exact) mass is 837 g/mol. The van der Waals surface area contributed by atoms with Crippen LogP contribution in [-0.2, 0) is 6.54 Å². The van der Waals surface area contributed by atoms with Gasteiger partial charge in [0, 0.05) is 32.8 Å². The van der Waals surface area contributed by atoms with Gasteiger partial charge in [0.05, 0.1) is 23.6 Å². The average Bonchev–Trinajstić information content (AvgIpc) is 3.92. The first-order valence-corrected chi connectivity index (χ1v) is 22.8. The number of nitrogens with one attached hydrogen (secondary N) is 1. The van der Waals surface area contributed by atoms with Crippen molar-refractivity contribution >= 4 is 81.9 Å². The third-order valence-electron chi connectivity index (χ3n) is 13.7. The van der Waals surface area contributed by atoms with E-state index in [1.54, 1.807) is 0 Å². The first-order chi connectivity index (χ1) is 32.1. The minimum Gasteiger partial charge on any atom is -0.456 e. The van der Waals surface area contributed by atoms with Crippen LogP contribution in [0.4, 0.5) is 0 Å². The Labute approximate surface area is 378 Å². The third-order valence-corrected chi connectivity index (χ3v) is 13.7. The van der Waals surface area contributed by atoms with Crippen molar-refractivity contribution in [3.05, 3.63) is 223 Å². The van der Waals surface area contributed by atoms with Crippen molar-refractivity contribution in [1.82, 2.24) is 9.88 Å². The van der Waals surface area contributed by atoms with Crippen molar-refractivity contribution in [3.8, 4) is 16.8 Å². The fourth-order valence-corrected chi connectivity index (χ4v) is 10.2. The largest absolute Gasteiger partial charge is 0.456 e. The van der Waals surface area contributed by atoms with Crippen molar-refractivity contribution in [2.24, 2.45) is 10.9 Å². The molecule has 0 aliphatic carbocycles. The van der Waals surface area contributed by atoms with Crippen LogP contribution in [0.25, 0.3) is 92.9 Å². The molecule has 2 heterocycles. The van der Waals surface area contributed by atoms with Crippen LogP contribution < -0.4 is 5.32 Å².